The van der Waals surface area contributed by atoms with E-state index in [4.69, 9.17) is 9.52 Å². The second kappa shape index (κ2) is 4.58. The first-order valence-electron chi connectivity index (χ1n) is 5.35. The van der Waals surface area contributed by atoms with Gasteiger partial charge in [0.2, 0.25) is 5.91 Å². The van der Waals surface area contributed by atoms with Crippen molar-refractivity contribution in [2.45, 2.75) is 19.5 Å². The van der Waals surface area contributed by atoms with Gasteiger partial charge in [0.25, 0.3) is 0 Å². The Labute approximate surface area is 98.2 Å². The van der Waals surface area contributed by atoms with Gasteiger partial charge in [-0.05, 0) is 19.1 Å². The largest absolute Gasteiger partial charge is 0.480 e. The quantitative estimate of drug-likeness (QED) is 0.772. The average molecular weight is 238 g/mol. The van der Waals surface area contributed by atoms with Gasteiger partial charge >= 0.3 is 5.97 Å². The summed E-state index contributed by atoms with van der Waals surface area (Å²) in [7, 11) is 0. The molecule has 92 valence electrons. The van der Waals surface area contributed by atoms with Crippen molar-refractivity contribution in [3.63, 3.8) is 0 Å². The highest BCUT2D eigenvalue weighted by molar-refractivity contribution is 5.83. The van der Waals surface area contributed by atoms with E-state index in [0.717, 1.165) is 5.76 Å². The molecule has 2 heterocycles. The molecule has 0 spiro atoms. The zero-order valence-electron chi connectivity index (χ0n) is 9.47. The van der Waals surface area contributed by atoms with Crippen molar-refractivity contribution in [1.29, 1.82) is 0 Å². The van der Waals surface area contributed by atoms with Crippen LogP contribution in [0.5, 0.6) is 0 Å². The van der Waals surface area contributed by atoms with Gasteiger partial charge < -0.3 is 14.8 Å². The van der Waals surface area contributed by atoms with Crippen molar-refractivity contribution in [3.8, 4) is 0 Å². The number of aryl methyl sites for hydroxylation is 1. The number of hydrogen-bond acceptors (Lipinski definition) is 4. The van der Waals surface area contributed by atoms with Crippen molar-refractivity contribution >= 4 is 11.9 Å². The highest BCUT2D eigenvalue weighted by Crippen LogP contribution is 2.13. The fourth-order valence-corrected chi connectivity index (χ4v) is 1.87. The van der Waals surface area contributed by atoms with E-state index in [2.05, 4.69) is 5.32 Å². The van der Waals surface area contributed by atoms with E-state index in [0.29, 0.717) is 12.3 Å². The summed E-state index contributed by atoms with van der Waals surface area (Å²) in [5, 5.41) is 11.6. The highest BCUT2D eigenvalue weighted by atomic mass is 16.4. The summed E-state index contributed by atoms with van der Waals surface area (Å²) < 4.78 is 5.38. The Hall–Kier alpha value is -1.82. The molecule has 0 radical (unpaired) electrons. The maximum atomic E-state index is 11.3. The minimum Gasteiger partial charge on any atom is -0.480 e. The number of carboxylic acid groups (broad SMARTS) is 1. The smallest absolute Gasteiger partial charge is 0.322 e. The predicted octanol–water partition coefficient (Wildman–Crippen LogP) is -0.0270. The molecule has 0 bridgehead atoms. The van der Waals surface area contributed by atoms with Crippen molar-refractivity contribution in [3.05, 3.63) is 23.7 Å². The number of carbonyl (C=O) groups excluding carboxylic acids is 1. The molecule has 1 unspecified atom stereocenters. The van der Waals surface area contributed by atoms with Gasteiger partial charge in [-0.15, -0.1) is 0 Å². The SMILES string of the molecule is Cc1ccc(CN2CC(=O)NCC2C(=O)O)o1. The zero-order valence-corrected chi connectivity index (χ0v) is 9.47. The van der Waals surface area contributed by atoms with Gasteiger partial charge in [-0.3, -0.25) is 14.5 Å². The van der Waals surface area contributed by atoms with E-state index >= 15 is 0 Å². The molecular formula is C11H14N2O4. The number of nitrogens with zero attached hydrogens (tertiary/aromatic N) is 1. The Kier molecular flexibility index (Phi) is 3.14. The molecule has 0 aromatic carbocycles. The van der Waals surface area contributed by atoms with Gasteiger partial charge in [0.05, 0.1) is 13.1 Å². The summed E-state index contributed by atoms with van der Waals surface area (Å²) in [5.74, 6) is 0.343. The van der Waals surface area contributed by atoms with E-state index in [1.807, 2.05) is 13.0 Å². The lowest BCUT2D eigenvalue weighted by Gasteiger charge is -2.31. The lowest BCUT2D eigenvalue weighted by molar-refractivity contribution is -0.146. The van der Waals surface area contributed by atoms with Crippen molar-refractivity contribution in [2.24, 2.45) is 0 Å². The number of aliphatic carboxylic acids is 1. The van der Waals surface area contributed by atoms with Crippen molar-refractivity contribution < 1.29 is 19.1 Å². The fourth-order valence-electron chi connectivity index (χ4n) is 1.87. The minimum absolute atomic E-state index is 0.0801. The third-order valence-electron chi connectivity index (χ3n) is 2.72. The van der Waals surface area contributed by atoms with Crippen LogP contribution in [0.1, 0.15) is 11.5 Å². The molecule has 1 atom stereocenters. The molecule has 1 aromatic rings. The number of rotatable bonds is 3. The first-order chi connectivity index (χ1) is 8.06. The Morgan fingerprint density at radius 2 is 2.41 bits per heavy atom. The van der Waals surface area contributed by atoms with Gasteiger partial charge in [-0.1, -0.05) is 0 Å². The molecule has 17 heavy (non-hydrogen) atoms. The van der Waals surface area contributed by atoms with Crippen LogP contribution < -0.4 is 5.32 Å². The lowest BCUT2D eigenvalue weighted by atomic mass is 10.2. The normalized spacial score (nSPS) is 21.2. The molecule has 1 aliphatic rings. The number of furan rings is 1. The van der Waals surface area contributed by atoms with E-state index in [9.17, 15) is 9.59 Å². The van der Waals surface area contributed by atoms with Gasteiger partial charge in [0.1, 0.15) is 17.6 Å². The van der Waals surface area contributed by atoms with E-state index in [1.54, 1.807) is 11.0 Å². The molecule has 6 nitrogen and oxygen atoms in total. The van der Waals surface area contributed by atoms with Crippen LogP contribution in [0.3, 0.4) is 0 Å². The summed E-state index contributed by atoms with van der Waals surface area (Å²) in [5.41, 5.74) is 0. The molecular weight excluding hydrogens is 224 g/mol. The molecule has 1 amide bonds. The number of carboxylic acids is 1. The van der Waals surface area contributed by atoms with E-state index in [1.165, 1.54) is 0 Å². The number of carbonyl (C=O) groups is 2. The third kappa shape index (κ3) is 2.65. The summed E-state index contributed by atoms with van der Waals surface area (Å²) >= 11 is 0. The Bertz CT molecular complexity index is 440. The molecule has 6 heteroatoms. The lowest BCUT2D eigenvalue weighted by Crippen LogP contribution is -2.56. The minimum atomic E-state index is -0.937. The van der Waals surface area contributed by atoms with E-state index < -0.39 is 12.0 Å². The van der Waals surface area contributed by atoms with Crippen LogP contribution in [-0.4, -0.2) is 41.0 Å². The monoisotopic (exact) mass is 238 g/mol. The van der Waals surface area contributed by atoms with Crippen LogP contribution in [0.25, 0.3) is 0 Å². The fraction of sp³-hybridized carbons (Fsp3) is 0.455. The van der Waals surface area contributed by atoms with E-state index in [-0.39, 0.29) is 19.0 Å². The number of piperazine rings is 1. The summed E-state index contributed by atoms with van der Waals surface area (Å²) in [6.45, 7) is 2.36. The predicted molar refractivity (Wildman–Crippen MR) is 58.3 cm³/mol. The summed E-state index contributed by atoms with van der Waals surface area (Å²) in [6.07, 6.45) is 0. The first kappa shape index (κ1) is 11.7. The third-order valence-corrected chi connectivity index (χ3v) is 2.72. The Morgan fingerprint density at radius 1 is 1.65 bits per heavy atom. The molecule has 1 fully saturated rings. The molecule has 0 saturated carbocycles. The van der Waals surface area contributed by atoms with Gasteiger partial charge in [0, 0.05) is 6.54 Å². The van der Waals surface area contributed by atoms with Crippen molar-refractivity contribution in [2.75, 3.05) is 13.1 Å². The molecule has 0 aliphatic carbocycles. The van der Waals surface area contributed by atoms with Gasteiger partial charge in [0.15, 0.2) is 0 Å². The van der Waals surface area contributed by atoms with Crippen LogP contribution in [0.2, 0.25) is 0 Å². The van der Waals surface area contributed by atoms with Crippen LogP contribution in [0, 0.1) is 6.92 Å². The summed E-state index contributed by atoms with van der Waals surface area (Å²) in [6, 6.07) is 2.91. The molecule has 1 aromatic heterocycles. The number of amides is 1. The molecule has 1 saturated heterocycles. The average Bonchev–Trinajstić information content (AvgIpc) is 2.63. The second-order valence-electron chi connectivity index (χ2n) is 4.08. The molecule has 2 N–H and O–H groups in total. The van der Waals surface area contributed by atoms with Crippen molar-refractivity contribution in [1.82, 2.24) is 10.2 Å². The number of nitrogens with one attached hydrogen (secondary N) is 1. The van der Waals surface area contributed by atoms with Crippen LogP contribution in [-0.2, 0) is 16.1 Å². The maximum Gasteiger partial charge on any atom is 0.322 e. The number of hydrogen-bond donors (Lipinski definition) is 2. The molecule has 2 rings (SSSR count). The van der Waals surface area contributed by atoms with Gasteiger partial charge in [-0.25, -0.2) is 0 Å². The standard InChI is InChI=1S/C11H14N2O4/c1-7-2-3-8(17-7)5-13-6-10(14)12-4-9(13)11(15)16/h2-3,9H,4-6H2,1H3,(H,12,14)(H,15,16). The first-order valence-corrected chi connectivity index (χ1v) is 5.35. The Balaban J connectivity index is 2.09. The Morgan fingerprint density at radius 3 is 3.00 bits per heavy atom. The zero-order chi connectivity index (χ0) is 12.4. The van der Waals surface area contributed by atoms with Crippen LogP contribution in [0.4, 0.5) is 0 Å². The maximum absolute atomic E-state index is 11.3. The van der Waals surface area contributed by atoms with Crippen LogP contribution >= 0.6 is 0 Å². The topological polar surface area (TPSA) is 82.8 Å². The second-order valence-corrected chi connectivity index (χ2v) is 4.08. The molecule has 1 aliphatic heterocycles. The van der Waals surface area contributed by atoms with Crippen LogP contribution in [0.15, 0.2) is 16.5 Å². The van der Waals surface area contributed by atoms with Gasteiger partial charge in [-0.2, -0.15) is 0 Å². The highest BCUT2D eigenvalue weighted by Gasteiger charge is 2.32. The summed E-state index contributed by atoms with van der Waals surface area (Å²) in [4.78, 5) is 23.9.